The van der Waals surface area contributed by atoms with E-state index in [4.69, 9.17) is 0 Å². The Morgan fingerprint density at radius 3 is 3.00 bits per heavy atom. The number of fused-ring (bicyclic) bond motifs is 1. The second-order valence-electron chi connectivity index (χ2n) is 2.71. The molecular formula is C9H11NS. The Hall–Kier alpha value is -0.470. The van der Waals surface area contributed by atoms with Crippen LogP contribution >= 0.6 is 11.8 Å². The third-order valence-corrected chi connectivity index (χ3v) is 3.31. The molecule has 58 valence electrons. The van der Waals surface area contributed by atoms with Crippen LogP contribution in [0.5, 0.6) is 0 Å². The zero-order valence-electron chi connectivity index (χ0n) is 6.50. The van der Waals surface area contributed by atoms with Crippen molar-refractivity contribution in [2.24, 2.45) is 0 Å². The number of benzene rings is 1. The lowest BCUT2D eigenvalue weighted by molar-refractivity contribution is 0.748. The van der Waals surface area contributed by atoms with Gasteiger partial charge in [0.1, 0.15) is 0 Å². The van der Waals surface area contributed by atoms with Gasteiger partial charge in [0.15, 0.2) is 0 Å². The molecular weight excluding hydrogens is 154 g/mol. The molecule has 0 saturated carbocycles. The van der Waals surface area contributed by atoms with Crippen molar-refractivity contribution in [2.45, 2.75) is 16.7 Å². The van der Waals surface area contributed by atoms with Gasteiger partial charge in [0.25, 0.3) is 0 Å². The summed E-state index contributed by atoms with van der Waals surface area (Å²) < 4.78 is 0. The summed E-state index contributed by atoms with van der Waals surface area (Å²) in [6, 6.07) is 8.61. The van der Waals surface area contributed by atoms with Crippen LogP contribution in [-0.2, 0) is 6.42 Å². The zero-order chi connectivity index (χ0) is 7.68. The zero-order valence-corrected chi connectivity index (χ0v) is 7.32. The third-order valence-electron chi connectivity index (χ3n) is 1.97. The van der Waals surface area contributed by atoms with Crippen molar-refractivity contribution in [1.29, 1.82) is 0 Å². The average Bonchev–Trinajstić information content (AvgIpc) is 2.46. The van der Waals surface area contributed by atoms with Gasteiger partial charge in [-0.2, -0.15) is 0 Å². The molecule has 0 spiro atoms. The topological polar surface area (TPSA) is 12.0 Å². The molecule has 0 bridgehead atoms. The maximum atomic E-state index is 3.27. The molecule has 1 nitrogen and oxygen atoms in total. The van der Waals surface area contributed by atoms with E-state index in [1.54, 1.807) is 0 Å². The van der Waals surface area contributed by atoms with Crippen molar-refractivity contribution in [3.8, 4) is 0 Å². The molecule has 0 radical (unpaired) electrons. The number of thioether (sulfide) groups is 1. The van der Waals surface area contributed by atoms with Gasteiger partial charge < -0.3 is 5.32 Å². The monoisotopic (exact) mass is 165 g/mol. The van der Waals surface area contributed by atoms with E-state index in [1.165, 1.54) is 10.5 Å². The maximum Gasteiger partial charge on any atom is 0.0618 e. The Balaban J connectivity index is 2.27. The maximum absolute atomic E-state index is 3.27. The number of rotatable bonds is 1. The molecule has 1 aromatic carbocycles. The SMILES string of the molecule is CNC1Cc2ccccc2S1. The van der Waals surface area contributed by atoms with E-state index in [0.29, 0.717) is 5.37 Å². The molecule has 1 N–H and O–H groups in total. The fourth-order valence-corrected chi connectivity index (χ4v) is 2.49. The minimum Gasteiger partial charge on any atom is -0.308 e. The van der Waals surface area contributed by atoms with E-state index in [1.807, 2.05) is 18.8 Å². The Morgan fingerprint density at radius 2 is 2.27 bits per heavy atom. The van der Waals surface area contributed by atoms with Crippen molar-refractivity contribution < 1.29 is 0 Å². The van der Waals surface area contributed by atoms with Gasteiger partial charge in [0.2, 0.25) is 0 Å². The lowest BCUT2D eigenvalue weighted by Crippen LogP contribution is -2.19. The molecule has 1 heterocycles. The van der Waals surface area contributed by atoms with E-state index in [9.17, 15) is 0 Å². The highest BCUT2D eigenvalue weighted by Crippen LogP contribution is 2.34. The van der Waals surface area contributed by atoms with Crippen LogP contribution in [0.1, 0.15) is 5.56 Å². The average molecular weight is 165 g/mol. The fraction of sp³-hybridized carbons (Fsp3) is 0.333. The van der Waals surface area contributed by atoms with Crippen LogP contribution in [0.3, 0.4) is 0 Å². The number of likely N-dealkylation sites (N-methyl/N-ethyl adjacent to an activating group) is 1. The highest BCUT2D eigenvalue weighted by atomic mass is 32.2. The standard InChI is InChI=1S/C9H11NS/c1-10-9-6-7-4-2-3-5-8(7)11-9/h2-5,9-10H,6H2,1H3. The molecule has 0 aliphatic carbocycles. The molecule has 0 fully saturated rings. The Kier molecular flexibility index (Phi) is 1.88. The first-order chi connectivity index (χ1) is 5.40. The molecule has 0 amide bonds. The van der Waals surface area contributed by atoms with Crippen LogP contribution < -0.4 is 5.32 Å². The second kappa shape index (κ2) is 2.88. The van der Waals surface area contributed by atoms with Gasteiger partial charge in [-0.25, -0.2) is 0 Å². The molecule has 11 heavy (non-hydrogen) atoms. The van der Waals surface area contributed by atoms with Gasteiger partial charge in [-0.05, 0) is 25.1 Å². The van der Waals surface area contributed by atoms with Crippen molar-refractivity contribution in [1.82, 2.24) is 5.32 Å². The Labute approximate surface area is 71.2 Å². The minimum atomic E-state index is 0.590. The summed E-state index contributed by atoms with van der Waals surface area (Å²) in [5.74, 6) is 0. The van der Waals surface area contributed by atoms with E-state index in [2.05, 4.69) is 29.6 Å². The van der Waals surface area contributed by atoms with Crippen molar-refractivity contribution >= 4 is 11.8 Å². The highest BCUT2D eigenvalue weighted by Gasteiger charge is 2.19. The summed E-state index contributed by atoms with van der Waals surface area (Å²) in [5.41, 5.74) is 1.48. The first-order valence-electron chi connectivity index (χ1n) is 3.82. The van der Waals surface area contributed by atoms with Gasteiger partial charge in [-0.3, -0.25) is 0 Å². The molecule has 2 heteroatoms. The van der Waals surface area contributed by atoms with E-state index in [0.717, 1.165) is 6.42 Å². The lowest BCUT2D eigenvalue weighted by atomic mass is 10.2. The summed E-state index contributed by atoms with van der Waals surface area (Å²) in [6.45, 7) is 0. The summed E-state index contributed by atoms with van der Waals surface area (Å²) in [4.78, 5) is 1.44. The molecule has 1 unspecified atom stereocenters. The lowest BCUT2D eigenvalue weighted by Gasteiger charge is -2.03. The van der Waals surface area contributed by atoms with Gasteiger partial charge in [0, 0.05) is 4.90 Å². The van der Waals surface area contributed by atoms with Crippen LogP contribution in [-0.4, -0.2) is 12.4 Å². The van der Waals surface area contributed by atoms with Crippen LogP contribution in [0.2, 0.25) is 0 Å². The smallest absolute Gasteiger partial charge is 0.0618 e. The van der Waals surface area contributed by atoms with Gasteiger partial charge in [0.05, 0.1) is 5.37 Å². The Bertz CT molecular complexity index is 234. The van der Waals surface area contributed by atoms with Crippen LogP contribution in [0.4, 0.5) is 0 Å². The predicted octanol–water partition coefficient (Wildman–Crippen LogP) is 1.88. The first-order valence-corrected chi connectivity index (χ1v) is 4.70. The second-order valence-corrected chi connectivity index (χ2v) is 3.95. The molecule has 0 aromatic heterocycles. The van der Waals surface area contributed by atoms with E-state index >= 15 is 0 Å². The van der Waals surface area contributed by atoms with Crippen LogP contribution in [0.25, 0.3) is 0 Å². The Morgan fingerprint density at radius 1 is 1.45 bits per heavy atom. The summed E-state index contributed by atoms with van der Waals surface area (Å²) in [7, 11) is 2.02. The van der Waals surface area contributed by atoms with Crippen molar-refractivity contribution in [2.75, 3.05) is 7.05 Å². The number of hydrogen-bond donors (Lipinski definition) is 1. The number of nitrogens with one attached hydrogen (secondary N) is 1. The molecule has 1 aliphatic rings. The molecule has 1 aromatic rings. The predicted molar refractivity (Wildman–Crippen MR) is 48.9 cm³/mol. The molecule has 1 aliphatic heterocycles. The molecule has 2 rings (SSSR count). The summed E-state index contributed by atoms with van der Waals surface area (Å²) in [6.07, 6.45) is 1.16. The summed E-state index contributed by atoms with van der Waals surface area (Å²) in [5, 5.41) is 3.86. The highest BCUT2D eigenvalue weighted by molar-refractivity contribution is 8.00. The van der Waals surface area contributed by atoms with Gasteiger partial charge >= 0.3 is 0 Å². The van der Waals surface area contributed by atoms with Gasteiger partial charge in [-0.1, -0.05) is 18.2 Å². The summed E-state index contributed by atoms with van der Waals surface area (Å²) >= 11 is 1.93. The van der Waals surface area contributed by atoms with Crippen LogP contribution in [0.15, 0.2) is 29.2 Å². The van der Waals surface area contributed by atoms with Crippen molar-refractivity contribution in [3.63, 3.8) is 0 Å². The van der Waals surface area contributed by atoms with Crippen LogP contribution in [0, 0.1) is 0 Å². The first kappa shape index (κ1) is 7.19. The number of hydrogen-bond acceptors (Lipinski definition) is 2. The van der Waals surface area contributed by atoms with E-state index in [-0.39, 0.29) is 0 Å². The van der Waals surface area contributed by atoms with Gasteiger partial charge in [-0.15, -0.1) is 11.8 Å². The normalized spacial score (nSPS) is 21.7. The largest absolute Gasteiger partial charge is 0.308 e. The fourth-order valence-electron chi connectivity index (χ4n) is 1.34. The minimum absolute atomic E-state index is 0.590. The quantitative estimate of drug-likeness (QED) is 0.682. The van der Waals surface area contributed by atoms with Crippen molar-refractivity contribution in [3.05, 3.63) is 29.8 Å². The molecule has 0 saturated heterocycles. The third kappa shape index (κ3) is 1.28. The molecule has 1 atom stereocenters. The van der Waals surface area contributed by atoms with E-state index < -0.39 is 0 Å².